The summed E-state index contributed by atoms with van der Waals surface area (Å²) in [7, 11) is 0. The first-order valence-corrected chi connectivity index (χ1v) is 6.83. The monoisotopic (exact) mass is 343 g/mol. The molecule has 0 saturated heterocycles. The highest BCUT2D eigenvalue weighted by Gasteiger charge is 2.14. The van der Waals surface area contributed by atoms with Crippen molar-refractivity contribution in [1.82, 2.24) is 5.48 Å². The molecule has 7 heteroatoms. The molecular weight excluding hydrogens is 337 g/mol. The third-order valence-corrected chi connectivity index (χ3v) is 3.29. The largest absolute Gasteiger partial charge is 0.364 e. The molecule has 1 N–H and O–H groups in total. The molecular formula is C14H8Cl3NO3. The Bertz CT molecular complexity index is 686. The lowest BCUT2D eigenvalue weighted by Crippen LogP contribution is -2.27. The second-order valence-electron chi connectivity index (χ2n) is 3.95. The normalized spacial score (nSPS) is 10.0. The smallest absolute Gasteiger partial charge is 0.335 e. The topological polar surface area (TPSA) is 55.4 Å². The van der Waals surface area contributed by atoms with Crippen molar-refractivity contribution in [3.63, 3.8) is 0 Å². The molecule has 1 amide bonds. The predicted molar refractivity (Wildman–Crippen MR) is 80.8 cm³/mol. The molecule has 0 spiro atoms. The summed E-state index contributed by atoms with van der Waals surface area (Å²) in [6, 6.07) is 10.4. The van der Waals surface area contributed by atoms with Gasteiger partial charge in [-0.15, -0.1) is 0 Å². The second-order valence-corrected chi connectivity index (χ2v) is 5.23. The van der Waals surface area contributed by atoms with Crippen LogP contribution in [0.1, 0.15) is 20.7 Å². The van der Waals surface area contributed by atoms with E-state index in [0.717, 1.165) is 0 Å². The zero-order valence-corrected chi connectivity index (χ0v) is 12.7. The van der Waals surface area contributed by atoms with Gasteiger partial charge >= 0.3 is 5.97 Å². The SMILES string of the molecule is O=C(NOC(=O)c1ccc(Cl)cc1Cl)c1ccc(Cl)cc1. The molecule has 0 unspecified atom stereocenters. The van der Waals surface area contributed by atoms with Crippen LogP contribution in [0.2, 0.25) is 15.1 Å². The van der Waals surface area contributed by atoms with Gasteiger partial charge in [-0.2, -0.15) is 5.48 Å². The van der Waals surface area contributed by atoms with Crippen molar-refractivity contribution >= 4 is 46.7 Å². The molecule has 0 aliphatic rings. The van der Waals surface area contributed by atoms with E-state index in [0.29, 0.717) is 15.6 Å². The number of benzene rings is 2. The standard InChI is InChI=1S/C14H8Cl3NO3/c15-9-3-1-8(2-4-9)13(19)18-21-14(20)11-6-5-10(16)7-12(11)17/h1-7H,(H,18,19). The molecule has 0 radical (unpaired) electrons. The molecule has 4 nitrogen and oxygen atoms in total. The van der Waals surface area contributed by atoms with E-state index in [1.54, 1.807) is 12.1 Å². The quantitative estimate of drug-likeness (QED) is 0.833. The lowest BCUT2D eigenvalue weighted by Gasteiger charge is -2.07. The van der Waals surface area contributed by atoms with Crippen LogP contribution >= 0.6 is 34.8 Å². The number of rotatable bonds is 2. The maximum absolute atomic E-state index is 11.8. The fourth-order valence-corrected chi connectivity index (χ4v) is 2.07. The van der Waals surface area contributed by atoms with Crippen LogP contribution in [0.25, 0.3) is 0 Å². The Kier molecular flexibility index (Phi) is 5.07. The third kappa shape index (κ3) is 4.11. The summed E-state index contributed by atoms with van der Waals surface area (Å²) >= 11 is 17.3. The van der Waals surface area contributed by atoms with E-state index in [2.05, 4.69) is 0 Å². The average Bonchev–Trinajstić information content (AvgIpc) is 2.45. The van der Waals surface area contributed by atoms with Crippen molar-refractivity contribution in [2.75, 3.05) is 0 Å². The Hall–Kier alpha value is -1.75. The van der Waals surface area contributed by atoms with Crippen LogP contribution in [0.15, 0.2) is 42.5 Å². The Morgan fingerprint density at radius 1 is 0.905 bits per heavy atom. The van der Waals surface area contributed by atoms with Gasteiger partial charge in [0.15, 0.2) is 0 Å². The highest BCUT2D eigenvalue weighted by molar-refractivity contribution is 6.36. The highest BCUT2D eigenvalue weighted by Crippen LogP contribution is 2.21. The van der Waals surface area contributed by atoms with Gasteiger partial charge in [-0.1, -0.05) is 34.8 Å². The molecule has 0 saturated carbocycles. The first-order valence-electron chi connectivity index (χ1n) is 5.69. The van der Waals surface area contributed by atoms with Crippen LogP contribution in [-0.4, -0.2) is 11.9 Å². The fourth-order valence-electron chi connectivity index (χ4n) is 1.46. The molecule has 2 rings (SSSR count). The van der Waals surface area contributed by atoms with Gasteiger partial charge in [-0.25, -0.2) is 4.79 Å². The molecule has 108 valence electrons. The van der Waals surface area contributed by atoms with Crippen molar-refractivity contribution in [2.45, 2.75) is 0 Å². The van der Waals surface area contributed by atoms with E-state index >= 15 is 0 Å². The first-order chi connectivity index (χ1) is 9.97. The van der Waals surface area contributed by atoms with Crippen molar-refractivity contribution in [2.24, 2.45) is 0 Å². The van der Waals surface area contributed by atoms with Crippen LogP contribution in [0.5, 0.6) is 0 Å². The van der Waals surface area contributed by atoms with Crippen LogP contribution in [-0.2, 0) is 4.84 Å². The minimum absolute atomic E-state index is 0.0949. The third-order valence-electron chi connectivity index (χ3n) is 2.49. The van der Waals surface area contributed by atoms with Crippen LogP contribution < -0.4 is 5.48 Å². The molecule has 0 aliphatic heterocycles. The van der Waals surface area contributed by atoms with Crippen molar-refractivity contribution < 1.29 is 14.4 Å². The minimum Gasteiger partial charge on any atom is -0.335 e. The zero-order chi connectivity index (χ0) is 15.4. The number of nitrogens with one attached hydrogen (secondary N) is 1. The molecule has 0 fully saturated rings. The Morgan fingerprint density at radius 3 is 2.14 bits per heavy atom. The number of hydrogen-bond acceptors (Lipinski definition) is 3. The van der Waals surface area contributed by atoms with Gasteiger partial charge in [-0.3, -0.25) is 4.79 Å². The van der Waals surface area contributed by atoms with Crippen molar-refractivity contribution in [3.8, 4) is 0 Å². The molecule has 2 aromatic rings. The van der Waals surface area contributed by atoms with E-state index in [9.17, 15) is 9.59 Å². The van der Waals surface area contributed by atoms with E-state index in [1.807, 2.05) is 5.48 Å². The number of hydrogen-bond donors (Lipinski definition) is 1. The first kappa shape index (κ1) is 15.6. The maximum atomic E-state index is 11.8. The number of halogens is 3. The number of carbonyl (C=O) groups excluding carboxylic acids is 2. The number of amides is 1. The summed E-state index contributed by atoms with van der Waals surface area (Å²) in [5.74, 6) is -1.37. The molecule has 21 heavy (non-hydrogen) atoms. The van der Waals surface area contributed by atoms with E-state index in [-0.39, 0.29) is 10.6 Å². The lowest BCUT2D eigenvalue weighted by atomic mass is 10.2. The maximum Gasteiger partial charge on any atom is 0.364 e. The molecule has 0 aromatic heterocycles. The average molecular weight is 345 g/mol. The van der Waals surface area contributed by atoms with Crippen molar-refractivity contribution in [1.29, 1.82) is 0 Å². The van der Waals surface area contributed by atoms with Gasteiger partial charge in [0.2, 0.25) is 0 Å². The number of carbonyl (C=O) groups is 2. The van der Waals surface area contributed by atoms with E-state index < -0.39 is 11.9 Å². The molecule has 2 aromatic carbocycles. The Morgan fingerprint density at radius 2 is 1.52 bits per heavy atom. The fraction of sp³-hybridized carbons (Fsp3) is 0. The van der Waals surface area contributed by atoms with Gasteiger partial charge in [-0.05, 0) is 42.5 Å². The van der Waals surface area contributed by atoms with Gasteiger partial charge in [0, 0.05) is 15.6 Å². The zero-order valence-electron chi connectivity index (χ0n) is 10.4. The van der Waals surface area contributed by atoms with Gasteiger partial charge < -0.3 is 4.84 Å². The van der Waals surface area contributed by atoms with E-state index in [4.69, 9.17) is 39.6 Å². The lowest BCUT2D eigenvalue weighted by molar-refractivity contribution is 0.0230. The molecule has 0 bridgehead atoms. The summed E-state index contributed by atoms with van der Waals surface area (Å²) in [6.45, 7) is 0. The summed E-state index contributed by atoms with van der Waals surface area (Å²) in [6.07, 6.45) is 0. The van der Waals surface area contributed by atoms with Crippen LogP contribution in [0, 0.1) is 0 Å². The summed E-state index contributed by atoms with van der Waals surface area (Å²) in [5, 5.41) is 1.02. The summed E-state index contributed by atoms with van der Waals surface area (Å²) in [4.78, 5) is 28.2. The van der Waals surface area contributed by atoms with Gasteiger partial charge in [0.1, 0.15) is 0 Å². The summed E-state index contributed by atoms with van der Waals surface area (Å²) < 4.78 is 0. The van der Waals surface area contributed by atoms with Crippen LogP contribution in [0.4, 0.5) is 0 Å². The minimum atomic E-state index is -0.793. The molecule has 0 heterocycles. The Balaban J connectivity index is 2.00. The number of hydroxylamine groups is 1. The highest BCUT2D eigenvalue weighted by atomic mass is 35.5. The Labute approximate surface area is 135 Å². The van der Waals surface area contributed by atoms with Crippen LogP contribution in [0.3, 0.4) is 0 Å². The van der Waals surface area contributed by atoms with Crippen molar-refractivity contribution in [3.05, 3.63) is 68.7 Å². The van der Waals surface area contributed by atoms with Gasteiger partial charge in [0.05, 0.1) is 10.6 Å². The predicted octanol–water partition coefficient (Wildman–Crippen LogP) is 4.15. The van der Waals surface area contributed by atoms with Gasteiger partial charge in [0.25, 0.3) is 5.91 Å². The molecule has 0 atom stereocenters. The van der Waals surface area contributed by atoms with E-state index in [1.165, 1.54) is 30.3 Å². The molecule has 0 aliphatic carbocycles. The second kappa shape index (κ2) is 6.80. The summed E-state index contributed by atoms with van der Waals surface area (Å²) in [5.41, 5.74) is 2.43.